The number of nitrogens with one attached hydrogen (secondary N) is 1. The Bertz CT molecular complexity index is 483. The van der Waals surface area contributed by atoms with Gasteiger partial charge in [-0.05, 0) is 57.1 Å². The van der Waals surface area contributed by atoms with Crippen LogP contribution in [0.3, 0.4) is 0 Å². The highest BCUT2D eigenvalue weighted by Crippen LogP contribution is 2.35. The molecule has 3 N–H and O–H groups in total. The van der Waals surface area contributed by atoms with E-state index < -0.39 is 0 Å². The normalized spacial score (nSPS) is 25.8. The second-order valence-electron chi connectivity index (χ2n) is 6.62. The van der Waals surface area contributed by atoms with Crippen LogP contribution in [-0.4, -0.2) is 37.0 Å². The summed E-state index contributed by atoms with van der Waals surface area (Å²) < 4.78 is 0. The zero-order valence-corrected chi connectivity index (χ0v) is 13.4. The molecular formula is C17H27N3O. The minimum Gasteiger partial charge on any atom is -0.399 e. The second kappa shape index (κ2) is 6.48. The first kappa shape index (κ1) is 15.8. The van der Waals surface area contributed by atoms with Crippen molar-refractivity contribution in [1.29, 1.82) is 0 Å². The van der Waals surface area contributed by atoms with Gasteiger partial charge in [-0.1, -0.05) is 19.8 Å². The molecule has 0 aromatic heterocycles. The zero-order chi connectivity index (χ0) is 15.5. The number of carbonyl (C=O) groups is 1. The minimum atomic E-state index is -0.0190. The summed E-state index contributed by atoms with van der Waals surface area (Å²) in [6.45, 7) is 3.01. The van der Waals surface area contributed by atoms with E-state index in [1.54, 1.807) is 24.3 Å². The number of rotatable bonds is 4. The highest BCUT2D eigenvalue weighted by atomic mass is 16.1. The molecule has 0 radical (unpaired) electrons. The molecule has 0 saturated heterocycles. The fourth-order valence-electron chi connectivity index (χ4n) is 3.34. The molecule has 2 atom stereocenters. The molecule has 0 spiro atoms. The molecule has 1 amide bonds. The summed E-state index contributed by atoms with van der Waals surface area (Å²) in [5.41, 5.74) is 7.09. The zero-order valence-electron chi connectivity index (χ0n) is 13.4. The van der Waals surface area contributed by atoms with Crippen LogP contribution >= 0.6 is 0 Å². The van der Waals surface area contributed by atoms with Crippen LogP contribution in [0.1, 0.15) is 43.0 Å². The summed E-state index contributed by atoms with van der Waals surface area (Å²) in [4.78, 5) is 14.6. The molecule has 0 heterocycles. The summed E-state index contributed by atoms with van der Waals surface area (Å²) in [5, 5.41) is 3.11. The molecule has 2 unspecified atom stereocenters. The fourth-order valence-corrected chi connectivity index (χ4v) is 3.34. The van der Waals surface area contributed by atoms with Crippen LogP contribution in [0.25, 0.3) is 0 Å². The maximum atomic E-state index is 12.3. The molecule has 1 saturated carbocycles. The lowest BCUT2D eigenvalue weighted by Crippen LogP contribution is -2.55. The lowest BCUT2D eigenvalue weighted by Gasteiger charge is -2.45. The minimum absolute atomic E-state index is 0.0190. The van der Waals surface area contributed by atoms with Crippen molar-refractivity contribution < 1.29 is 4.79 Å². The van der Waals surface area contributed by atoms with Crippen molar-refractivity contribution in [2.75, 3.05) is 26.4 Å². The molecule has 116 valence electrons. The van der Waals surface area contributed by atoms with Crippen molar-refractivity contribution in [2.45, 2.75) is 38.1 Å². The first-order valence-corrected chi connectivity index (χ1v) is 7.74. The molecule has 1 fully saturated rings. The number of carbonyl (C=O) groups excluding carboxylic acids is 1. The van der Waals surface area contributed by atoms with Gasteiger partial charge in [0.25, 0.3) is 5.91 Å². The summed E-state index contributed by atoms with van der Waals surface area (Å²) in [5.74, 6) is 0.698. The monoisotopic (exact) mass is 289 g/mol. The molecule has 4 nitrogen and oxygen atoms in total. The van der Waals surface area contributed by atoms with Crippen LogP contribution in [0.4, 0.5) is 5.69 Å². The maximum Gasteiger partial charge on any atom is 0.251 e. The van der Waals surface area contributed by atoms with Gasteiger partial charge < -0.3 is 16.0 Å². The Balaban J connectivity index is 2.02. The first-order valence-electron chi connectivity index (χ1n) is 7.74. The number of amides is 1. The average Bonchev–Trinajstić information content (AvgIpc) is 2.45. The molecule has 1 aliphatic carbocycles. The van der Waals surface area contributed by atoms with Gasteiger partial charge in [-0.15, -0.1) is 0 Å². The topological polar surface area (TPSA) is 58.4 Å². The second-order valence-corrected chi connectivity index (χ2v) is 6.62. The van der Waals surface area contributed by atoms with Crippen LogP contribution in [-0.2, 0) is 0 Å². The summed E-state index contributed by atoms with van der Waals surface area (Å²) >= 11 is 0. The highest BCUT2D eigenvalue weighted by molar-refractivity contribution is 5.94. The van der Waals surface area contributed by atoms with Crippen LogP contribution in [0, 0.1) is 5.92 Å². The Morgan fingerprint density at radius 1 is 1.38 bits per heavy atom. The van der Waals surface area contributed by atoms with Crippen molar-refractivity contribution in [1.82, 2.24) is 10.2 Å². The van der Waals surface area contributed by atoms with Gasteiger partial charge in [0, 0.05) is 23.3 Å². The number of hydrogen-bond acceptors (Lipinski definition) is 3. The SMILES string of the molecule is CC1CCCC(CNC(=O)c2ccc(N)cc2)(N(C)C)C1. The Morgan fingerprint density at radius 2 is 2.05 bits per heavy atom. The maximum absolute atomic E-state index is 12.3. The van der Waals surface area contributed by atoms with Crippen LogP contribution in [0.5, 0.6) is 0 Å². The van der Waals surface area contributed by atoms with E-state index in [9.17, 15) is 4.79 Å². The van der Waals surface area contributed by atoms with E-state index in [2.05, 4.69) is 31.2 Å². The van der Waals surface area contributed by atoms with Crippen molar-refractivity contribution in [3.63, 3.8) is 0 Å². The lowest BCUT2D eigenvalue weighted by atomic mass is 9.75. The Hall–Kier alpha value is -1.55. The summed E-state index contributed by atoms with van der Waals surface area (Å²) in [7, 11) is 4.24. The van der Waals surface area contributed by atoms with Gasteiger partial charge in [-0.25, -0.2) is 0 Å². The highest BCUT2D eigenvalue weighted by Gasteiger charge is 2.37. The van der Waals surface area contributed by atoms with Gasteiger partial charge in [0.2, 0.25) is 0 Å². The molecule has 1 aliphatic rings. The van der Waals surface area contributed by atoms with E-state index in [4.69, 9.17) is 5.73 Å². The molecule has 1 aromatic carbocycles. The third-order valence-electron chi connectivity index (χ3n) is 4.77. The number of likely N-dealkylation sites (N-methyl/N-ethyl adjacent to an activating group) is 1. The molecular weight excluding hydrogens is 262 g/mol. The first-order chi connectivity index (χ1) is 9.93. The van der Waals surface area contributed by atoms with Gasteiger partial charge in [0.05, 0.1) is 0 Å². The van der Waals surface area contributed by atoms with Crippen LogP contribution < -0.4 is 11.1 Å². The molecule has 0 bridgehead atoms. The van der Waals surface area contributed by atoms with Gasteiger partial charge >= 0.3 is 0 Å². The molecule has 21 heavy (non-hydrogen) atoms. The molecule has 1 aromatic rings. The predicted octanol–water partition coefficient (Wildman–Crippen LogP) is 2.51. The van der Waals surface area contributed by atoms with Crippen LogP contribution in [0.15, 0.2) is 24.3 Å². The van der Waals surface area contributed by atoms with Gasteiger partial charge in [-0.2, -0.15) is 0 Å². The standard InChI is InChI=1S/C17H27N3O/c1-13-5-4-10-17(11-13,20(2)3)12-19-16(21)14-6-8-15(18)9-7-14/h6-9,13H,4-5,10-12,18H2,1-3H3,(H,19,21). The van der Waals surface area contributed by atoms with Gasteiger partial charge in [-0.3, -0.25) is 4.79 Å². The largest absolute Gasteiger partial charge is 0.399 e. The molecule has 0 aliphatic heterocycles. The Labute approximate surface area is 127 Å². The average molecular weight is 289 g/mol. The summed E-state index contributed by atoms with van der Waals surface area (Å²) in [6, 6.07) is 7.08. The van der Waals surface area contributed by atoms with E-state index in [0.717, 1.165) is 18.8 Å². The lowest BCUT2D eigenvalue weighted by molar-refractivity contribution is 0.0675. The number of hydrogen-bond donors (Lipinski definition) is 2. The molecule has 4 heteroatoms. The van der Waals surface area contributed by atoms with E-state index in [1.807, 2.05) is 0 Å². The Kier molecular flexibility index (Phi) is 4.88. The number of anilines is 1. The van der Waals surface area contributed by atoms with E-state index >= 15 is 0 Å². The van der Waals surface area contributed by atoms with E-state index in [-0.39, 0.29) is 11.4 Å². The van der Waals surface area contributed by atoms with Crippen molar-refractivity contribution >= 4 is 11.6 Å². The van der Waals surface area contributed by atoms with Gasteiger partial charge in [0.15, 0.2) is 0 Å². The third kappa shape index (κ3) is 3.76. The number of nitrogens with zero attached hydrogens (tertiary/aromatic N) is 1. The summed E-state index contributed by atoms with van der Waals surface area (Å²) in [6.07, 6.45) is 4.81. The van der Waals surface area contributed by atoms with E-state index in [1.165, 1.54) is 12.8 Å². The van der Waals surface area contributed by atoms with Crippen LogP contribution in [0.2, 0.25) is 0 Å². The van der Waals surface area contributed by atoms with Crippen molar-refractivity contribution in [3.05, 3.63) is 29.8 Å². The Morgan fingerprint density at radius 3 is 2.62 bits per heavy atom. The quantitative estimate of drug-likeness (QED) is 0.837. The number of nitrogens with two attached hydrogens (primary N) is 1. The number of nitrogen functional groups attached to an aromatic ring is 1. The molecule has 2 rings (SSSR count). The van der Waals surface area contributed by atoms with Crippen molar-refractivity contribution in [3.8, 4) is 0 Å². The number of benzene rings is 1. The fraction of sp³-hybridized carbons (Fsp3) is 0.588. The predicted molar refractivity (Wildman–Crippen MR) is 87.2 cm³/mol. The van der Waals surface area contributed by atoms with E-state index in [0.29, 0.717) is 17.8 Å². The van der Waals surface area contributed by atoms with Gasteiger partial charge in [0.1, 0.15) is 0 Å². The smallest absolute Gasteiger partial charge is 0.251 e. The van der Waals surface area contributed by atoms with Crippen molar-refractivity contribution in [2.24, 2.45) is 5.92 Å². The third-order valence-corrected chi connectivity index (χ3v) is 4.77.